The van der Waals surface area contributed by atoms with Gasteiger partial charge in [-0.1, -0.05) is 12.1 Å². The summed E-state index contributed by atoms with van der Waals surface area (Å²) in [4.78, 5) is 21.0. The first kappa shape index (κ1) is 24.7. The number of aromatic nitrogens is 2. The molecule has 184 valence electrons. The predicted octanol–water partition coefficient (Wildman–Crippen LogP) is 4.74. The lowest BCUT2D eigenvalue weighted by molar-refractivity contribution is -0.140. The highest BCUT2D eigenvalue weighted by molar-refractivity contribution is 5.98. The molecule has 2 heterocycles. The molecule has 0 bridgehead atoms. The van der Waals surface area contributed by atoms with Crippen LogP contribution in [0.3, 0.4) is 0 Å². The molecule has 0 aliphatic carbocycles. The maximum atomic E-state index is 13.2. The fourth-order valence-electron chi connectivity index (χ4n) is 3.58. The summed E-state index contributed by atoms with van der Waals surface area (Å²) in [6.45, 7) is 1.78. The molecular formula is C25H20F3N5O3. The Morgan fingerprint density at radius 1 is 1.17 bits per heavy atom. The second-order valence-electron chi connectivity index (χ2n) is 7.92. The molecule has 0 unspecified atom stereocenters. The number of methoxy groups -OCH3 is 1. The van der Waals surface area contributed by atoms with E-state index in [-0.39, 0.29) is 35.2 Å². The summed E-state index contributed by atoms with van der Waals surface area (Å²) in [7, 11) is 1.33. The Hall–Kier alpha value is -4.43. The number of nitrogens with one attached hydrogen (secondary N) is 1. The van der Waals surface area contributed by atoms with Crippen molar-refractivity contribution in [3.05, 3.63) is 76.8 Å². The molecule has 0 radical (unpaired) electrons. The Bertz CT molecular complexity index is 1470. The SMILES string of the molecule is COc1ccc(-c2nc(C(=O)NCc3ccc(C#N)cc3)c([C@H](C)N)o2)c2ccc(C(F)(F)F)nc12. The molecule has 11 heteroatoms. The summed E-state index contributed by atoms with van der Waals surface area (Å²) in [5.41, 5.74) is 6.44. The summed E-state index contributed by atoms with van der Waals surface area (Å²) >= 11 is 0. The molecule has 0 fully saturated rings. The number of hydrogen-bond donors (Lipinski definition) is 2. The summed E-state index contributed by atoms with van der Waals surface area (Å²) < 4.78 is 50.7. The Morgan fingerprint density at radius 3 is 2.50 bits per heavy atom. The highest BCUT2D eigenvalue weighted by Gasteiger charge is 2.33. The number of nitrogens with zero attached hydrogens (tertiary/aromatic N) is 3. The lowest BCUT2D eigenvalue weighted by Crippen LogP contribution is -2.25. The average molecular weight is 495 g/mol. The quantitative estimate of drug-likeness (QED) is 0.396. The van der Waals surface area contributed by atoms with Gasteiger partial charge in [0.1, 0.15) is 17.0 Å². The molecule has 0 saturated carbocycles. The number of fused-ring (bicyclic) bond motifs is 1. The maximum absolute atomic E-state index is 13.2. The topological polar surface area (TPSA) is 127 Å². The first-order valence-electron chi connectivity index (χ1n) is 10.7. The number of nitrogens with two attached hydrogens (primary N) is 1. The highest BCUT2D eigenvalue weighted by atomic mass is 19.4. The largest absolute Gasteiger partial charge is 0.494 e. The molecule has 0 spiro atoms. The number of amides is 1. The third-order valence-electron chi connectivity index (χ3n) is 5.38. The smallest absolute Gasteiger partial charge is 0.433 e. The van der Waals surface area contributed by atoms with Gasteiger partial charge in [-0.2, -0.15) is 18.4 Å². The maximum Gasteiger partial charge on any atom is 0.433 e. The molecule has 4 aromatic rings. The summed E-state index contributed by atoms with van der Waals surface area (Å²) in [6, 6.07) is 13.1. The van der Waals surface area contributed by atoms with E-state index >= 15 is 0 Å². The molecule has 3 N–H and O–H groups in total. The van der Waals surface area contributed by atoms with Crippen LogP contribution in [-0.4, -0.2) is 23.0 Å². The van der Waals surface area contributed by atoms with E-state index in [1.54, 1.807) is 37.3 Å². The summed E-state index contributed by atoms with van der Waals surface area (Å²) in [5.74, 6) is -0.289. The van der Waals surface area contributed by atoms with Crippen LogP contribution in [0.15, 0.2) is 52.9 Å². The van der Waals surface area contributed by atoms with Crippen molar-refractivity contribution in [3.8, 4) is 23.3 Å². The van der Waals surface area contributed by atoms with Gasteiger partial charge in [0.2, 0.25) is 5.89 Å². The zero-order valence-electron chi connectivity index (χ0n) is 19.2. The van der Waals surface area contributed by atoms with Crippen molar-refractivity contribution in [1.29, 1.82) is 5.26 Å². The number of pyridine rings is 1. The third-order valence-corrected chi connectivity index (χ3v) is 5.38. The first-order chi connectivity index (χ1) is 17.1. The minimum atomic E-state index is -4.64. The van der Waals surface area contributed by atoms with E-state index < -0.39 is 23.8 Å². The van der Waals surface area contributed by atoms with E-state index in [0.29, 0.717) is 16.5 Å². The molecule has 2 aromatic heterocycles. The minimum absolute atomic E-state index is 0.0000322. The lowest BCUT2D eigenvalue weighted by Gasteiger charge is -2.11. The molecule has 8 nitrogen and oxygen atoms in total. The van der Waals surface area contributed by atoms with Gasteiger partial charge < -0.3 is 20.2 Å². The number of benzene rings is 2. The molecule has 0 saturated heterocycles. The van der Waals surface area contributed by atoms with Crippen molar-refractivity contribution in [2.75, 3.05) is 7.11 Å². The molecule has 1 amide bonds. The van der Waals surface area contributed by atoms with E-state index in [0.717, 1.165) is 11.6 Å². The van der Waals surface area contributed by atoms with Crippen molar-refractivity contribution in [3.63, 3.8) is 0 Å². The van der Waals surface area contributed by atoms with Crippen LogP contribution in [0.1, 0.15) is 46.0 Å². The van der Waals surface area contributed by atoms with Gasteiger partial charge in [-0.15, -0.1) is 0 Å². The zero-order valence-corrected chi connectivity index (χ0v) is 19.2. The van der Waals surface area contributed by atoms with Gasteiger partial charge in [0.05, 0.1) is 24.8 Å². The molecule has 2 aromatic carbocycles. The van der Waals surface area contributed by atoms with E-state index in [1.165, 1.54) is 19.2 Å². The van der Waals surface area contributed by atoms with Crippen molar-refractivity contribution < 1.29 is 27.1 Å². The Kier molecular flexibility index (Phi) is 6.63. The van der Waals surface area contributed by atoms with Crippen molar-refractivity contribution in [2.45, 2.75) is 25.7 Å². The van der Waals surface area contributed by atoms with E-state index in [2.05, 4.69) is 15.3 Å². The summed E-state index contributed by atoms with van der Waals surface area (Å²) in [5, 5.41) is 11.9. The third kappa shape index (κ3) is 4.85. The number of hydrogen-bond acceptors (Lipinski definition) is 7. The zero-order chi connectivity index (χ0) is 26.0. The number of carbonyl (C=O) groups excluding carboxylic acids is 1. The van der Waals surface area contributed by atoms with Gasteiger partial charge >= 0.3 is 6.18 Å². The van der Waals surface area contributed by atoms with Crippen LogP contribution in [0.4, 0.5) is 13.2 Å². The van der Waals surface area contributed by atoms with Gasteiger partial charge in [-0.3, -0.25) is 4.79 Å². The fraction of sp³-hybridized carbons (Fsp3) is 0.200. The summed E-state index contributed by atoms with van der Waals surface area (Å²) in [6.07, 6.45) is -4.64. The Balaban J connectivity index is 1.71. The number of rotatable bonds is 6. The lowest BCUT2D eigenvalue weighted by atomic mass is 10.1. The number of alkyl halides is 3. The van der Waals surface area contributed by atoms with Crippen molar-refractivity contribution in [1.82, 2.24) is 15.3 Å². The van der Waals surface area contributed by atoms with Crippen LogP contribution in [0, 0.1) is 11.3 Å². The number of ether oxygens (including phenoxy) is 1. The predicted molar refractivity (Wildman–Crippen MR) is 124 cm³/mol. The molecule has 4 rings (SSSR count). The van der Waals surface area contributed by atoms with E-state index in [4.69, 9.17) is 20.1 Å². The molecule has 36 heavy (non-hydrogen) atoms. The van der Waals surface area contributed by atoms with Crippen LogP contribution in [-0.2, 0) is 12.7 Å². The fourth-order valence-corrected chi connectivity index (χ4v) is 3.58. The van der Waals surface area contributed by atoms with Crippen molar-refractivity contribution in [2.24, 2.45) is 5.73 Å². The molecule has 0 aliphatic rings. The average Bonchev–Trinajstić information content (AvgIpc) is 3.32. The minimum Gasteiger partial charge on any atom is -0.494 e. The number of carbonyl (C=O) groups is 1. The van der Waals surface area contributed by atoms with E-state index in [1.807, 2.05) is 6.07 Å². The standard InChI is InChI=1S/C25H20F3N5O3/c1-13(30)22-21(23(34)31-12-15-5-3-14(11-29)4-6-15)33-24(36-22)17-7-9-18(35-2)20-16(17)8-10-19(32-20)25(26,27)28/h3-10,13H,12,30H2,1-2H3,(H,31,34)/t13-/m0/s1. The van der Waals surface area contributed by atoms with Crippen LogP contribution < -0.4 is 15.8 Å². The van der Waals surface area contributed by atoms with Crippen LogP contribution in [0.25, 0.3) is 22.4 Å². The molecular weight excluding hydrogens is 475 g/mol. The normalized spacial score (nSPS) is 12.2. The first-order valence-corrected chi connectivity index (χ1v) is 10.7. The van der Waals surface area contributed by atoms with Gasteiger partial charge in [0, 0.05) is 17.5 Å². The number of oxazole rings is 1. The van der Waals surface area contributed by atoms with E-state index in [9.17, 15) is 18.0 Å². The number of halogens is 3. The second kappa shape index (κ2) is 9.67. The van der Waals surface area contributed by atoms with Gasteiger partial charge in [0.15, 0.2) is 11.5 Å². The van der Waals surface area contributed by atoms with Crippen LogP contribution in [0.2, 0.25) is 0 Å². The second-order valence-corrected chi connectivity index (χ2v) is 7.92. The molecule has 0 aliphatic heterocycles. The van der Waals surface area contributed by atoms with Gasteiger partial charge in [0.25, 0.3) is 5.91 Å². The Labute approximate surface area is 203 Å². The van der Waals surface area contributed by atoms with Gasteiger partial charge in [-0.05, 0) is 48.9 Å². The van der Waals surface area contributed by atoms with Crippen LogP contribution in [0.5, 0.6) is 5.75 Å². The highest BCUT2D eigenvalue weighted by Crippen LogP contribution is 2.37. The van der Waals surface area contributed by atoms with Gasteiger partial charge in [-0.25, -0.2) is 9.97 Å². The number of nitriles is 1. The molecule has 1 atom stereocenters. The van der Waals surface area contributed by atoms with Crippen LogP contribution >= 0.6 is 0 Å². The van der Waals surface area contributed by atoms with Crippen molar-refractivity contribution >= 4 is 16.8 Å². The monoisotopic (exact) mass is 495 g/mol. The Morgan fingerprint density at radius 2 is 1.89 bits per heavy atom.